The van der Waals surface area contributed by atoms with Gasteiger partial charge in [-0.3, -0.25) is 20.2 Å². The molecule has 0 aliphatic carbocycles. The van der Waals surface area contributed by atoms with Gasteiger partial charge in [0, 0.05) is 12.0 Å². The highest BCUT2D eigenvalue weighted by Crippen LogP contribution is 2.20. The molecule has 0 unspecified atom stereocenters. The third-order valence-corrected chi connectivity index (χ3v) is 2.55. The normalized spacial score (nSPS) is 15.2. The maximum absolute atomic E-state index is 11.5. The lowest BCUT2D eigenvalue weighted by Crippen LogP contribution is -2.22. The van der Waals surface area contributed by atoms with Crippen LogP contribution in [0.1, 0.15) is 25.8 Å². The van der Waals surface area contributed by atoms with Gasteiger partial charge in [-0.25, -0.2) is 4.79 Å². The van der Waals surface area contributed by atoms with E-state index >= 15 is 0 Å². The lowest BCUT2D eigenvalue weighted by atomic mass is 10.1. The number of ether oxygens (including phenoxy) is 1. The third-order valence-electron chi connectivity index (χ3n) is 2.55. The molecule has 1 aliphatic rings. The number of rotatable bonds is 4. The molecule has 1 saturated heterocycles. The first-order valence-electron chi connectivity index (χ1n) is 6.76. The second-order valence-corrected chi connectivity index (χ2v) is 4.16. The molecular weight excluding hydrogens is 288 g/mol. The minimum absolute atomic E-state index is 0.156. The van der Waals surface area contributed by atoms with Crippen LogP contribution in [0.25, 0.3) is 5.76 Å². The number of imide groups is 1. The Kier molecular flexibility index (Phi) is 6.62. The zero-order valence-corrected chi connectivity index (χ0v) is 12.4. The summed E-state index contributed by atoms with van der Waals surface area (Å²) >= 11 is 0. The molecule has 1 aliphatic heterocycles. The summed E-state index contributed by atoms with van der Waals surface area (Å²) < 4.78 is 5.43. The zero-order valence-electron chi connectivity index (χ0n) is 12.4. The molecular formula is C15H18N2O5. The number of hydrogen-bond acceptors (Lipinski definition) is 4. The highest BCUT2D eigenvalue weighted by Gasteiger charge is 2.28. The van der Waals surface area contributed by atoms with E-state index < -0.39 is 17.9 Å². The number of carboxylic acids is 1. The average molecular weight is 306 g/mol. The quantitative estimate of drug-likeness (QED) is 0.446. The molecule has 0 saturated carbocycles. The van der Waals surface area contributed by atoms with Gasteiger partial charge in [0.05, 0.1) is 6.61 Å². The van der Waals surface area contributed by atoms with E-state index in [1.165, 1.54) is 0 Å². The monoisotopic (exact) mass is 306 g/mol. The Balaban J connectivity index is 0.000000422. The number of carbonyl (C=O) groups excluding carboxylic acids is 2. The minimum atomic E-state index is -0.745. The lowest BCUT2D eigenvalue weighted by molar-refractivity contribution is -0.136. The highest BCUT2D eigenvalue weighted by molar-refractivity contribution is 6.15. The smallest absolute Gasteiger partial charge is 0.326 e. The van der Waals surface area contributed by atoms with Gasteiger partial charge in [-0.05, 0) is 6.92 Å². The predicted molar refractivity (Wildman–Crippen MR) is 79.6 cm³/mol. The van der Waals surface area contributed by atoms with Crippen LogP contribution in [0, 0.1) is 0 Å². The summed E-state index contributed by atoms with van der Waals surface area (Å²) in [5.74, 6) is -0.830. The van der Waals surface area contributed by atoms with Crippen LogP contribution >= 0.6 is 0 Å². The standard InChI is InChI=1S/C12H12N2O3.C3H6O2/c1-2-17-10(8-6-4-3-5-7-8)9-11(15)14-12(16)13-9;1-2-3(4)5/h3-7H,2H2,1H3,(H2,13,14,15,16);2H2,1H3,(H,4,5). The number of nitrogens with one attached hydrogen (secondary N) is 2. The molecule has 0 spiro atoms. The van der Waals surface area contributed by atoms with E-state index in [2.05, 4.69) is 10.6 Å². The minimum Gasteiger partial charge on any atom is -0.491 e. The van der Waals surface area contributed by atoms with Crippen LogP contribution in [-0.4, -0.2) is 29.6 Å². The zero-order chi connectivity index (χ0) is 16.5. The summed E-state index contributed by atoms with van der Waals surface area (Å²) in [5, 5.41) is 12.3. The molecule has 118 valence electrons. The molecule has 7 nitrogen and oxygen atoms in total. The van der Waals surface area contributed by atoms with Crippen molar-refractivity contribution in [3.63, 3.8) is 0 Å². The highest BCUT2D eigenvalue weighted by atomic mass is 16.5. The molecule has 22 heavy (non-hydrogen) atoms. The first-order chi connectivity index (χ1) is 10.5. The second kappa shape index (κ2) is 8.46. The van der Waals surface area contributed by atoms with Gasteiger partial charge in [0.2, 0.25) is 0 Å². The molecule has 1 heterocycles. The summed E-state index contributed by atoms with van der Waals surface area (Å²) in [6.07, 6.45) is 0.222. The number of benzene rings is 1. The number of urea groups is 1. The molecule has 0 radical (unpaired) electrons. The number of hydrogen-bond donors (Lipinski definition) is 3. The van der Waals surface area contributed by atoms with Crippen LogP contribution in [0.2, 0.25) is 0 Å². The molecule has 3 amide bonds. The van der Waals surface area contributed by atoms with Crippen molar-refractivity contribution in [1.29, 1.82) is 0 Å². The van der Waals surface area contributed by atoms with E-state index in [9.17, 15) is 14.4 Å². The van der Waals surface area contributed by atoms with E-state index in [4.69, 9.17) is 9.84 Å². The molecule has 2 rings (SSSR count). The van der Waals surface area contributed by atoms with Crippen LogP contribution in [-0.2, 0) is 14.3 Å². The molecule has 0 atom stereocenters. The van der Waals surface area contributed by atoms with Gasteiger partial charge < -0.3 is 9.84 Å². The third kappa shape index (κ3) is 4.93. The summed E-state index contributed by atoms with van der Waals surface area (Å²) in [4.78, 5) is 32.0. The van der Waals surface area contributed by atoms with Crippen molar-refractivity contribution in [2.24, 2.45) is 0 Å². The summed E-state index contributed by atoms with van der Waals surface area (Å²) in [7, 11) is 0. The van der Waals surface area contributed by atoms with Crippen molar-refractivity contribution < 1.29 is 24.2 Å². The van der Waals surface area contributed by atoms with Crippen LogP contribution in [0.15, 0.2) is 36.0 Å². The summed E-state index contributed by atoms with van der Waals surface area (Å²) in [5.41, 5.74) is 0.907. The van der Waals surface area contributed by atoms with Crippen molar-refractivity contribution in [3.8, 4) is 0 Å². The maximum Gasteiger partial charge on any atom is 0.326 e. The largest absolute Gasteiger partial charge is 0.491 e. The fourth-order valence-corrected chi connectivity index (χ4v) is 1.56. The maximum atomic E-state index is 11.5. The van der Waals surface area contributed by atoms with Gasteiger partial charge in [0.1, 0.15) is 0 Å². The van der Waals surface area contributed by atoms with Gasteiger partial charge in [0.25, 0.3) is 5.91 Å². The van der Waals surface area contributed by atoms with E-state index in [1.54, 1.807) is 6.92 Å². The number of amides is 3. The lowest BCUT2D eigenvalue weighted by Gasteiger charge is -2.10. The fourth-order valence-electron chi connectivity index (χ4n) is 1.56. The molecule has 3 N–H and O–H groups in total. The Bertz CT molecular complexity index is 581. The Hall–Kier alpha value is -2.83. The Morgan fingerprint density at radius 1 is 1.14 bits per heavy atom. The van der Waals surface area contributed by atoms with Crippen LogP contribution in [0.3, 0.4) is 0 Å². The molecule has 0 aromatic heterocycles. The fraction of sp³-hybridized carbons (Fsp3) is 0.267. The van der Waals surface area contributed by atoms with Crippen molar-refractivity contribution in [3.05, 3.63) is 41.6 Å². The number of carboxylic acid groups (broad SMARTS) is 1. The van der Waals surface area contributed by atoms with Crippen LogP contribution in [0.5, 0.6) is 0 Å². The first kappa shape index (κ1) is 17.2. The Morgan fingerprint density at radius 3 is 2.14 bits per heavy atom. The number of carbonyl (C=O) groups is 3. The van der Waals surface area contributed by atoms with Crippen molar-refractivity contribution >= 4 is 23.7 Å². The van der Waals surface area contributed by atoms with Crippen molar-refractivity contribution in [1.82, 2.24) is 10.6 Å². The summed E-state index contributed by atoms with van der Waals surface area (Å²) in [6.45, 7) is 3.83. The van der Waals surface area contributed by atoms with Gasteiger partial charge in [0.15, 0.2) is 11.5 Å². The van der Waals surface area contributed by atoms with Gasteiger partial charge in [-0.1, -0.05) is 37.3 Å². The first-order valence-corrected chi connectivity index (χ1v) is 6.76. The molecule has 1 fully saturated rings. The summed E-state index contributed by atoms with van der Waals surface area (Å²) in [6, 6.07) is 8.64. The van der Waals surface area contributed by atoms with Crippen molar-refractivity contribution in [2.45, 2.75) is 20.3 Å². The van der Waals surface area contributed by atoms with Gasteiger partial charge >= 0.3 is 12.0 Å². The Morgan fingerprint density at radius 2 is 1.73 bits per heavy atom. The van der Waals surface area contributed by atoms with E-state index in [0.29, 0.717) is 12.4 Å². The molecule has 1 aromatic rings. The molecule has 7 heteroatoms. The second-order valence-electron chi connectivity index (χ2n) is 4.16. The van der Waals surface area contributed by atoms with Crippen LogP contribution < -0.4 is 10.6 Å². The van der Waals surface area contributed by atoms with E-state index in [1.807, 2.05) is 37.3 Å². The van der Waals surface area contributed by atoms with Crippen LogP contribution in [0.4, 0.5) is 4.79 Å². The number of aliphatic carboxylic acids is 1. The average Bonchev–Trinajstić information content (AvgIpc) is 2.84. The van der Waals surface area contributed by atoms with Crippen molar-refractivity contribution in [2.75, 3.05) is 6.61 Å². The topological polar surface area (TPSA) is 105 Å². The Labute approximate surface area is 128 Å². The molecule has 0 bridgehead atoms. The predicted octanol–water partition coefficient (Wildman–Crippen LogP) is 1.71. The molecule has 1 aromatic carbocycles. The van der Waals surface area contributed by atoms with E-state index in [-0.39, 0.29) is 12.1 Å². The van der Waals surface area contributed by atoms with Gasteiger partial charge in [-0.2, -0.15) is 0 Å². The SMILES string of the molecule is CCC(=O)O.CCOC(=C1NC(=O)NC1=O)c1ccccc1. The van der Waals surface area contributed by atoms with E-state index in [0.717, 1.165) is 5.56 Å². The van der Waals surface area contributed by atoms with Gasteiger partial charge in [-0.15, -0.1) is 0 Å².